The highest BCUT2D eigenvalue weighted by atomic mass is 15.1. The van der Waals surface area contributed by atoms with Gasteiger partial charge < -0.3 is 4.90 Å². The third kappa shape index (κ3) is 4.44. The lowest BCUT2D eigenvalue weighted by Crippen LogP contribution is -2.23. The van der Waals surface area contributed by atoms with Gasteiger partial charge in [-0.1, -0.05) is 129 Å². The number of fused-ring (bicyclic) bond motifs is 2. The highest BCUT2D eigenvalue weighted by Gasteiger charge is 2.33. The summed E-state index contributed by atoms with van der Waals surface area (Å²) < 4.78 is 0. The van der Waals surface area contributed by atoms with Crippen molar-refractivity contribution in [2.24, 2.45) is 0 Å². The average Bonchev–Trinajstić information content (AvgIpc) is 3.01. The fraction of sp³-hybridized carbons (Fsp3) is 0.100. The Labute approximate surface area is 243 Å². The SMILES string of the molecule is Cc1ccc(N(c2ccccc2)c2ccc(/C=C/c3ccc4c(c3)C(C)(C)c3cccc5cccc-4c35)cc2)cc1. The number of hydrogen-bond donors (Lipinski definition) is 0. The molecular formula is C40H33N. The zero-order chi connectivity index (χ0) is 28.0. The predicted molar refractivity (Wildman–Crippen MR) is 176 cm³/mol. The number of aryl methyl sites for hydroxylation is 1. The molecule has 0 fully saturated rings. The van der Waals surface area contributed by atoms with Crippen molar-refractivity contribution in [2.75, 3.05) is 4.90 Å². The number of benzene rings is 6. The molecule has 0 amide bonds. The molecule has 0 bridgehead atoms. The largest absolute Gasteiger partial charge is 0.311 e. The van der Waals surface area contributed by atoms with E-state index >= 15 is 0 Å². The second kappa shape index (κ2) is 9.94. The standard InChI is InChI=1S/C40H33N/c1-28-15-22-33(23-16-28)41(32-11-5-4-6-12-32)34-24-19-29(20-25-34)17-18-30-21-26-35-36-13-7-9-31-10-8-14-37(39(31)36)40(2,3)38(35)27-30/h4-27H,1-3H3/b18-17+. The van der Waals surface area contributed by atoms with E-state index in [1.165, 1.54) is 49.7 Å². The minimum absolute atomic E-state index is 0.0639. The van der Waals surface area contributed by atoms with Gasteiger partial charge in [-0.3, -0.25) is 0 Å². The maximum atomic E-state index is 2.38. The van der Waals surface area contributed by atoms with Crippen LogP contribution in [0.5, 0.6) is 0 Å². The van der Waals surface area contributed by atoms with Crippen molar-refractivity contribution in [3.05, 3.63) is 161 Å². The molecule has 0 aromatic heterocycles. The van der Waals surface area contributed by atoms with Crippen LogP contribution in [0, 0.1) is 6.92 Å². The lowest BCUT2D eigenvalue weighted by Gasteiger charge is -2.35. The molecule has 6 aromatic carbocycles. The van der Waals surface area contributed by atoms with Crippen molar-refractivity contribution in [1.82, 2.24) is 0 Å². The first-order valence-electron chi connectivity index (χ1n) is 14.4. The van der Waals surface area contributed by atoms with E-state index in [0.717, 1.165) is 17.1 Å². The van der Waals surface area contributed by atoms with E-state index in [9.17, 15) is 0 Å². The maximum Gasteiger partial charge on any atom is 0.0462 e. The zero-order valence-corrected chi connectivity index (χ0v) is 23.8. The molecule has 6 aromatic rings. The fourth-order valence-corrected chi connectivity index (χ4v) is 6.29. The normalized spacial score (nSPS) is 13.3. The smallest absolute Gasteiger partial charge is 0.0462 e. The van der Waals surface area contributed by atoms with E-state index in [4.69, 9.17) is 0 Å². The molecule has 41 heavy (non-hydrogen) atoms. The lowest BCUT2D eigenvalue weighted by molar-refractivity contribution is 0.645. The summed E-state index contributed by atoms with van der Waals surface area (Å²) in [5.74, 6) is 0. The van der Waals surface area contributed by atoms with Crippen molar-refractivity contribution in [2.45, 2.75) is 26.2 Å². The molecule has 0 saturated heterocycles. The Kier molecular flexibility index (Phi) is 6.09. The second-order valence-corrected chi connectivity index (χ2v) is 11.6. The summed E-state index contributed by atoms with van der Waals surface area (Å²) in [6.45, 7) is 6.84. The summed E-state index contributed by atoms with van der Waals surface area (Å²) in [7, 11) is 0. The van der Waals surface area contributed by atoms with E-state index in [1.807, 2.05) is 0 Å². The molecule has 0 heterocycles. The minimum Gasteiger partial charge on any atom is -0.311 e. The molecule has 1 aliphatic rings. The molecular weight excluding hydrogens is 494 g/mol. The predicted octanol–water partition coefficient (Wildman–Crippen LogP) is 11.1. The van der Waals surface area contributed by atoms with Gasteiger partial charge in [0.25, 0.3) is 0 Å². The lowest BCUT2D eigenvalue weighted by atomic mass is 9.68. The van der Waals surface area contributed by atoms with Crippen LogP contribution in [0.4, 0.5) is 17.1 Å². The van der Waals surface area contributed by atoms with E-state index in [0.29, 0.717) is 0 Å². The Balaban J connectivity index is 1.20. The first kappa shape index (κ1) is 25.1. The molecule has 0 N–H and O–H groups in total. The van der Waals surface area contributed by atoms with Gasteiger partial charge >= 0.3 is 0 Å². The monoisotopic (exact) mass is 527 g/mol. The van der Waals surface area contributed by atoms with Gasteiger partial charge in [0.1, 0.15) is 0 Å². The van der Waals surface area contributed by atoms with Crippen LogP contribution in [0.25, 0.3) is 34.1 Å². The number of anilines is 3. The Morgan fingerprint density at radius 1 is 0.512 bits per heavy atom. The van der Waals surface area contributed by atoms with Gasteiger partial charge in [0.05, 0.1) is 0 Å². The highest BCUT2D eigenvalue weighted by molar-refractivity contribution is 6.03. The second-order valence-electron chi connectivity index (χ2n) is 11.6. The number of para-hydroxylation sites is 1. The van der Waals surface area contributed by atoms with Crippen molar-refractivity contribution in [3.63, 3.8) is 0 Å². The van der Waals surface area contributed by atoms with Crippen LogP contribution in [-0.2, 0) is 5.41 Å². The third-order valence-corrected chi connectivity index (χ3v) is 8.51. The number of nitrogens with zero attached hydrogens (tertiary/aromatic N) is 1. The Hall–Kier alpha value is -4.88. The summed E-state index contributed by atoms with van der Waals surface area (Å²) in [4.78, 5) is 2.30. The van der Waals surface area contributed by atoms with Crippen LogP contribution in [0.15, 0.2) is 133 Å². The average molecular weight is 528 g/mol. The summed E-state index contributed by atoms with van der Waals surface area (Å²) in [6, 6.07) is 48.4. The summed E-state index contributed by atoms with van der Waals surface area (Å²) in [5.41, 5.74) is 12.5. The maximum absolute atomic E-state index is 2.38. The van der Waals surface area contributed by atoms with Crippen molar-refractivity contribution in [1.29, 1.82) is 0 Å². The topological polar surface area (TPSA) is 3.24 Å². The Bertz CT molecular complexity index is 1890. The highest BCUT2D eigenvalue weighted by Crippen LogP contribution is 2.48. The van der Waals surface area contributed by atoms with Crippen LogP contribution in [0.2, 0.25) is 0 Å². The zero-order valence-electron chi connectivity index (χ0n) is 23.8. The quantitative estimate of drug-likeness (QED) is 0.202. The van der Waals surface area contributed by atoms with E-state index in [2.05, 4.69) is 171 Å². The van der Waals surface area contributed by atoms with Gasteiger partial charge in [-0.2, -0.15) is 0 Å². The van der Waals surface area contributed by atoms with Gasteiger partial charge in [0.2, 0.25) is 0 Å². The molecule has 1 nitrogen and oxygen atoms in total. The third-order valence-electron chi connectivity index (χ3n) is 8.51. The first-order chi connectivity index (χ1) is 20.0. The molecule has 0 atom stereocenters. The molecule has 1 heteroatoms. The molecule has 0 unspecified atom stereocenters. The summed E-state index contributed by atoms with van der Waals surface area (Å²) >= 11 is 0. The van der Waals surface area contributed by atoms with Crippen LogP contribution < -0.4 is 4.90 Å². The van der Waals surface area contributed by atoms with E-state index in [-0.39, 0.29) is 5.41 Å². The number of hydrogen-bond acceptors (Lipinski definition) is 1. The first-order valence-corrected chi connectivity index (χ1v) is 14.4. The summed E-state index contributed by atoms with van der Waals surface area (Å²) in [6.07, 6.45) is 4.45. The van der Waals surface area contributed by atoms with Gasteiger partial charge in [-0.15, -0.1) is 0 Å². The van der Waals surface area contributed by atoms with Gasteiger partial charge in [0, 0.05) is 22.5 Å². The molecule has 198 valence electrons. The van der Waals surface area contributed by atoms with Crippen LogP contribution in [0.3, 0.4) is 0 Å². The van der Waals surface area contributed by atoms with E-state index in [1.54, 1.807) is 0 Å². The van der Waals surface area contributed by atoms with Crippen LogP contribution >= 0.6 is 0 Å². The van der Waals surface area contributed by atoms with Crippen molar-refractivity contribution >= 4 is 40.0 Å². The van der Waals surface area contributed by atoms with Crippen molar-refractivity contribution < 1.29 is 0 Å². The Morgan fingerprint density at radius 2 is 1.12 bits per heavy atom. The van der Waals surface area contributed by atoms with Gasteiger partial charge in [0.15, 0.2) is 0 Å². The summed E-state index contributed by atoms with van der Waals surface area (Å²) in [5, 5.41) is 2.71. The molecule has 0 aliphatic heterocycles. The van der Waals surface area contributed by atoms with Crippen LogP contribution in [-0.4, -0.2) is 0 Å². The minimum atomic E-state index is -0.0639. The molecule has 0 spiro atoms. The fourth-order valence-electron chi connectivity index (χ4n) is 6.29. The van der Waals surface area contributed by atoms with Gasteiger partial charge in [-0.05, 0) is 87.5 Å². The molecule has 0 radical (unpaired) electrons. The number of rotatable bonds is 5. The molecule has 0 saturated carbocycles. The van der Waals surface area contributed by atoms with Crippen molar-refractivity contribution in [3.8, 4) is 11.1 Å². The molecule has 1 aliphatic carbocycles. The van der Waals surface area contributed by atoms with Crippen LogP contribution in [0.1, 0.15) is 41.7 Å². The Morgan fingerprint density at radius 3 is 1.85 bits per heavy atom. The molecule has 7 rings (SSSR count). The van der Waals surface area contributed by atoms with Gasteiger partial charge in [-0.25, -0.2) is 0 Å². The van der Waals surface area contributed by atoms with E-state index < -0.39 is 0 Å².